The van der Waals surface area contributed by atoms with Gasteiger partial charge in [0, 0.05) is 0 Å². The Balaban J connectivity index is 1.85. The monoisotopic (exact) mass is 241 g/mol. The van der Waals surface area contributed by atoms with E-state index in [1.165, 1.54) is 5.56 Å². The molecular formula is C16H19NO. The van der Waals surface area contributed by atoms with Crippen LogP contribution in [-0.4, -0.2) is 18.3 Å². The van der Waals surface area contributed by atoms with Gasteiger partial charge in [-0.1, -0.05) is 60.7 Å². The Hall–Kier alpha value is -1.64. The number of aliphatic hydroxyl groups is 1. The van der Waals surface area contributed by atoms with Crippen LogP contribution in [0.4, 0.5) is 0 Å². The molecular weight excluding hydrogens is 222 g/mol. The Bertz CT molecular complexity index is 441. The molecule has 18 heavy (non-hydrogen) atoms. The average Bonchev–Trinajstić information content (AvgIpc) is 2.46. The lowest BCUT2D eigenvalue weighted by atomic mass is 10.1. The van der Waals surface area contributed by atoms with Gasteiger partial charge in [-0.05, 0) is 24.1 Å². The van der Waals surface area contributed by atoms with Gasteiger partial charge in [-0.15, -0.1) is 0 Å². The van der Waals surface area contributed by atoms with Crippen molar-refractivity contribution >= 4 is 0 Å². The predicted octanol–water partition coefficient (Wildman–Crippen LogP) is 2.55. The van der Waals surface area contributed by atoms with Crippen molar-refractivity contribution in [1.29, 1.82) is 0 Å². The van der Waals surface area contributed by atoms with Crippen molar-refractivity contribution in [2.75, 3.05) is 13.2 Å². The van der Waals surface area contributed by atoms with Crippen molar-refractivity contribution in [3.05, 3.63) is 71.8 Å². The number of rotatable bonds is 6. The Labute approximate surface area is 108 Å². The molecule has 2 heteroatoms. The van der Waals surface area contributed by atoms with Crippen LogP contribution in [0.1, 0.15) is 17.2 Å². The second kappa shape index (κ2) is 6.94. The van der Waals surface area contributed by atoms with E-state index in [1.54, 1.807) is 0 Å². The van der Waals surface area contributed by atoms with Gasteiger partial charge in [-0.25, -0.2) is 0 Å². The molecule has 94 valence electrons. The number of hydrogen-bond donors (Lipinski definition) is 2. The van der Waals surface area contributed by atoms with Gasteiger partial charge >= 0.3 is 0 Å². The molecule has 0 aliphatic rings. The van der Waals surface area contributed by atoms with Crippen molar-refractivity contribution in [3.63, 3.8) is 0 Å². The quantitative estimate of drug-likeness (QED) is 0.814. The smallest absolute Gasteiger partial charge is 0.0626 e. The van der Waals surface area contributed by atoms with Gasteiger partial charge in [0.05, 0.1) is 12.6 Å². The summed E-state index contributed by atoms with van der Waals surface area (Å²) in [5.41, 5.74) is 2.45. The highest BCUT2D eigenvalue weighted by Crippen LogP contribution is 2.11. The van der Waals surface area contributed by atoms with E-state index in [1.807, 2.05) is 36.4 Å². The maximum atomic E-state index is 9.41. The fourth-order valence-electron chi connectivity index (χ4n) is 2.01. The summed E-state index contributed by atoms with van der Waals surface area (Å²) in [4.78, 5) is 0. The van der Waals surface area contributed by atoms with E-state index in [2.05, 4.69) is 29.6 Å². The first kappa shape index (κ1) is 12.8. The first-order valence-electron chi connectivity index (χ1n) is 6.33. The van der Waals surface area contributed by atoms with E-state index in [-0.39, 0.29) is 12.6 Å². The molecule has 2 aromatic rings. The topological polar surface area (TPSA) is 32.3 Å². The highest BCUT2D eigenvalue weighted by Gasteiger charge is 2.08. The van der Waals surface area contributed by atoms with Crippen molar-refractivity contribution < 1.29 is 5.11 Å². The molecule has 0 unspecified atom stereocenters. The average molecular weight is 241 g/mol. The Kier molecular flexibility index (Phi) is 4.94. The number of benzene rings is 2. The second-order valence-corrected chi connectivity index (χ2v) is 4.34. The summed E-state index contributed by atoms with van der Waals surface area (Å²) < 4.78 is 0. The summed E-state index contributed by atoms with van der Waals surface area (Å²) in [7, 11) is 0. The van der Waals surface area contributed by atoms with E-state index < -0.39 is 0 Å². The molecule has 2 rings (SSSR count). The van der Waals surface area contributed by atoms with Crippen LogP contribution in [-0.2, 0) is 6.42 Å². The summed E-state index contributed by atoms with van der Waals surface area (Å²) in [6.45, 7) is 0.989. The van der Waals surface area contributed by atoms with E-state index in [0.29, 0.717) is 0 Å². The number of nitrogens with one attached hydrogen (secondary N) is 1. The molecule has 0 saturated carbocycles. The van der Waals surface area contributed by atoms with Crippen molar-refractivity contribution in [3.8, 4) is 0 Å². The predicted molar refractivity (Wildman–Crippen MR) is 74.4 cm³/mol. The zero-order valence-electron chi connectivity index (χ0n) is 10.4. The molecule has 2 N–H and O–H groups in total. The van der Waals surface area contributed by atoms with Crippen LogP contribution in [0.2, 0.25) is 0 Å². The summed E-state index contributed by atoms with van der Waals surface area (Å²) >= 11 is 0. The fourth-order valence-corrected chi connectivity index (χ4v) is 2.01. The lowest BCUT2D eigenvalue weighted by Crippen LogP contribution is -2.26. The highest BCUT2D eigenvalue weighted by atomic mass is 16.3. The van der Waals surface area contributed by atoms with E-state index in [0.717, 1.165) is 18.5 Å². The molecule has 2 nitrogen and oxygen atoms in total. The normalized spacial score (nSPS) is 12.3. The minimum absolute atomic E-state index is 0.0231. The molecule has 0 bridgehead atoms. The molecule has 2 aromatic carbocycles. The van der Waals surface area contributed by atoms with Crippen LogP contribution in [0, 0.1) is 0 Å². The van der Waals surface area contributed by atoms with Gasteiger partial charge in [0.1, 0.15) is 0 Å². The van der Waals surface area contributed by atoms with E-state index in [4.69, 9.17) is 0 Å². The summed E-state index contributed by atoms with van der Waals surface area (Å²) in [5, 5.41) is 12.8. The van der Waals surface area contributed by atoms with E-state index >= 15 is 0 Å². The summed E-state index contributed by atoms with van der Waals surface area (Å²) in [6, 6.07) is 20.5. The minimum atomic E-state index is 0.0231. The molecule has 0 amide bonds. The number of hydrogen-bond acceptors (Lipinski definition) is 2. The molecule has 0 fully saturated rings. The maximum Gasteiger partial charge on any atom is 0.0626 e. The molecule has 0 radical (unpaired) electrons. The van der Waals surface area contributed by atoms with Gasteiger partial charge < -0.3 is 10.4 Å². The summed E-state index contributed by atoms with van der Waals surface area (Å²) in [6.07, 6.45) is 0.976. The lowest BCUT2D eigenvalue weighted by molar-refractivity contribution is 0.245. The van der Waals surface area contributed by atoms with Gasteiger partial charge in [-0.2, -0.15) is 0 Å². The first-order valence-corrected chi connectivity index (χ1v) is 6.33. The van der Waals surface area contributed by atoms with Gasteiger partial charge in [-0.3, -0.25) is 0 Å². The molecule has 0 aliphatic carbocycles. The standard InChI is InChI=1S/C16H19NO/c18-13-16(15-9-5-2-6-10-15)17-12-11-14-7-3-1-4-8-14/h1-10,16-18H,11-13H2/t16-/m0/s1. The second-order valence-electron chi connectivity index (χ2n) is 4.34. The molecule has 1 atom stereocenters. The van der Waals surface area contributed by atoms with Crippen LogP contribution < -0.4 is 5.32 Å². The van der Waals surface area contributed by atoms with Crippen molar-refractivity contribution in [2.45, 2.75) is 12.5 Å². The Morgan fingerprint density at radius 3 is 2.11 bits per heavy atom. The Morgan fingerprint density at radius 2 is 1.50 bits per heavy atom. The summed E-state index contributed by atoms with van der Waals surface area (Å²) in [5.74, 6) is 0. The molecule has 0 heterocycles. The maximum absolute atomic E-state index is 9.41. The van der Waals surface area contributed by atoms with Crippen LogP contribution >= 0.6 is 0 Å². The minimum Gasteiger partial charge on any atom is -0.394 e. The zero-order chi connectivity index (χ0) is 12.6. The van der Waals surface area contributed by atoms with E-state index in [9.17, 15) is 5.11 Å². The van der Waals surface area contributed by atoms with Crippen LogP contribution in [0.15, 0.2) is 60.7 Å². The van der Waals surface area contributed by atoms with Crippen LogP contribution in [0.25, 0.3) is 0 Å². The third kappa shape index (κ3) is 3.69. The van der Waals surface area contributed by atoms with Crippen LogP contribution in [0.5, 0.6) is 0 Å². The van der Waals surface area contributed by atoms with Gasteiger partial charge in [0.2, 0.25) is 0 Å². The first-order chi connectivity index (χ1) is 8.90. The third-order valence-electron chi connectivity index (χ3n) is 3.03. The number of aliphatic hydroxyl groups excluding tert-OH is 1. The van der Waals surface area contributed by atoms with Gasteiger partial charge in [0.25, 0.3) is 0 Å². The fraction of sp³-hybridized carbons (Fsp3) is 0.250. The lowest BCUT2D eigenvalue weighted by Gasteiger charge is -2.16. The Morgan fingerprint density at radius 1 is 0.889 bits per heavy atom. The van der Waals surface area contributed by atoms with Crippen molar-refractivity contribution in [1.82, 2.24) is 5.32 Å². The molecule has 0 aromatic heterocycles. The SMILES string of the molecule is OC[C@H](NCCc1ccccc1)c1ccccc1. The highest BCUT2D eigenvalue weighted by molar-refractivity contribution is 5.19. The zero-order valence-corrected chi connectivity index (χ0v) is 10.4. The molecule has 0 spiro atoms. The van der Waals surface area contributed by atoms with Crippen LogP contribution in [0.3, 0.4) is 0 Å². The third-order valence-corrected chi connectivity index (χ3v) is 3.03. The largest absolute Gasteiger partial charge is 0.394 e. The molecule has 0 saturated heterocycles. The molecule has 0 aliphatic heterocycles. The van der Waals surface area contributed by atoms with Gasteiger partial charge in [0.15, 0.2) is 0 Å². The van der Waals surface area contributed by atoms with Crippen molar-refractivity contribution in [2.24, 2.45) is 0 Å².